The van der Waals surface area contributed by atoms with Crippen molar-refractivity contribution in [3.63, 3.8) is 0 Å². The molecule has 2 aromatic heterocycles. The van der Waals surface area contributed by atoms with Gasteiger partial charge in [0.05, 0.1) is 47.7 Å². The predicted octanol–water partition coefficient (Wildman–Crippen LogP) is 6.10. The SMILES string of the molecule is COC(=O)c1ccc(Cn2c(=O)c3cc(C#CCc4ccc(OC)cc4)ccc3n(C)c2=O)cc1.Cc1onc(-c2ccccc2)c1-c1ccc(S(N)(=O)=O)cc1. The molecule has 0 saturated heterocycles. The summed E-state index contributed by atoms with van der Waals surface area (Å²) < 4.78 is 40.5. The number of aromatic nitrogens is 3. The number of carbonyl (C=O) groups excluding carboxylic acids is 1. The summed E-state index contributed by atoms with van der Waals surface area (Å²) in [6.07, 6.45) is 0.557. The summed E-state index contributed by atoms with van der Waals surface area (Å²) in [6.45, 7) is 1.90. The van der Waals surface area contributed by atoms with Gasteiger partial charge in [-0.05, 0) is 78.2 Å². The zero-order valence-corrected chi connectivity index (χ0v) is 32.4. The Morgan fingerprint density at radius 1 is 0.842 bits per heavy atom. The Morgan fingerprint density at radius 3 is 2.14 bits per heavy atom. The van der Waals surface area contributed by atoms with Gasteiger partial charge in [-0.15, -0.1) is 0 Å². The molecule has 57 heavy (non-hydrogen) atoms. The Morgan fingerprint density at radius 2 is 1.51 bits per heavy atom. The largest absolute Gasteiger partial charge is 0.497 e. The number of methoxy groups -OCH3 is 2. The highest BCUT2D eigenvalue weighted by Crippen LogP contribution is 2.34. The van der Waals surface area contributed by atoms with E-state index in [9.17, 15) is 22.8 Å². The third kappa shape index (κ3) is 9.11. The van der Waals surface area contributed by atoms with E-state index in [2.05, 4.69) is 17.0 Å². The van der Waals surface area contributed by atoms with E-state index in [1.165, 1.54) is 28.4 Å². The van der Waals surface area contributed by atoms with Crippen LogP contribution in [0.4, 0.5) is 0 Å². The van der Waals surface area contributed by atoms with Crippen LogP contribution in [-0.4, -0.2) is 42.9 Å². The van der Waals surface area contributed by atoms with Crippen molar-refractivity contribution in [2.45, 2.75) is 24.8 Å². The Labute approximate surface area is 328 Å². The van der Waals surface area contributed by atoms with Gasteiger partial charge in [0.2, 0.25) is 10.0 Å². The molecule has 2 N–H and O–H groups in total. The lowest BCUT2D eigenvalue weighted by atomic mass is 10.00. The van der Waals surface area contributed by atoms with Crippen molar-refractivity contribution in [1.29, 1.82) is 0 Å². The van der Waals surface area contributed by atoms with Gasteiger partial charge >= 0.3 is 11.7 Å². The topological polar surface area (TPSA) is 166 Å². The summed E-state index contributed by atoms with van der Waals surface area (Å²) in [5.41, 5.74) is 5.91. The highest BCUT2D eigenvalue weighted by atomic mass is 32.2. The number of hydrogen-bond acceptors (Lipinski definition) is 9. The molecule has 0 radical (unpaired) electrons. The van der Waals surface area contributed by atoms with Crippen LogP contribution in [0.2, 0.25) is 0 Å². The first kappa shape index (κ1) is 39.7. The first-order valence-electron chi connectivity index (χ1n) is 17.6. The standard InChI is InChI=1S/C28H24N2O5.C16H14N2O3S/c1-29-25-16-11-20(6-4-5-19-9-14-23(34-2)15-10-19)17-24(25)26(31)30(28(29)33)18-21-7-12-22(13-8-21)27(32)35-3;1-11-15(12-7-9-14(10-8-12)22(17,19)20)16(18-21-11)13-5-3-2-4-6-13/h7-17H,5,18H2,1-3H3;2-10H,1H3,(H2,17,19,20). The highest BCUT2D eigenvalue weighted by Gasteiger charge is 2.18. The molecule has 0 fully saturated rings. The monoisotopic (exact) mass is 782 g/mol. The van der Waals surface area contributed by atoms with Crippen LogP contribution in [0.25, 0.3) is 33.3 Å². The van der Waals surface area contributed by atoms with Gasteiger partial charge in [0.15, 0.2) is 0 Å². The number of aryl methyl sites for hydroxylation is 2. The molecule has 0 bridgehead atoms. The molecule has 0 spiro atoms. The normalized spacial score (nSPS) is 10.9. The van der Waals surface area contributed by atoms with Gasteiger partial charge in [0.25, 0.3) is 5.56 Å². The van der Waals surface area contributed by atoms with Crippen LogP contribution < -0.4 is 21.1 Å². The third-order valence-corrected chi connectivity index (χ3v) is 10.1. The number of primary sulfonamides is 1. The second kappa shape index (κ2) is 17.2. The molecule has 288 valence electrons. The van der Waals surface area contributed by atoms with E-state index in [0.717, 1.165) is 33.7 Å². The van der Waals surface area contributed by atoms with Crippen molar-refractivity contribution in [2.75, 3.05) is 14.2 Å². The molecule has 2 heterocycles. The van der Waals surface area contributed by atoms with Crippen molar-refractivity contribution < 1.29 is 27.2 Å². The number of sulfonamides is 1. The lowest BCUT2D eigenvalue weighted by Crippen LogP contribution is -2.39. The maximum absolute atomic E-state index is 13.3. The Bertz CT molecular complexity index is 2850. The van der Waals surface area contributed by atoms with E-state index in [4.69, 9.17) is 19.1 Å². The van der Waals surface area contributed by atoms with Gasteiger partial charge in [-0.1, -0.05) is 83.7 Å². The summed E-state index contributed by atoms with van der Waals surface area (Å²) in [6, 6.07) is 35.6. The van der Waals surface area contributed by atoms with Crippen LogP contribution in [0, 0.1) is 18.8 Å². The molecule has 7 aromatic rings. The van der Waals surface area contributed by atoms with Crippen LogP contribution in [0.1, 0.15) is 32.8 Å². The number of benzene rings is 5. The van der Waals surface area contributed by atoms with Crippen molar-refractivity contribution in [2.24, 2.45) is 12.2 Å². The number of fused-ring (bicyclic) bond motifs is 1. The summed E-state index contributed by atoms with van der Waals surface area (Å²) in [5, 5.41) is 9.64. The predicted molar refractivity (Wildman–Crippen MR) is 217 cm³/mol. The average Bonchev–Trinajstić information content (AvgIpc) is 3.63. The molecule has 12 nitrogen and oxygen atoms in total. The maximum Gasteiger partial charge on any atom is 0.337 e. The van der Waals surface area contributed by atoms with Crippen molar-refractivity contribution >= 4 is 26.9 Å². The molecule has 0 aliphatic rings. The number of rotatable bonds is 8. The van der Waals surface area contributed by atoms with Gasteiger partial charge < -0.3 is 14.0 Å². The summed E-state index contributed by atoms with van der Waals surface area (Å²) >= 11 is 0. The minimum absolute atomic E-state index is 0.0756. The van der Waals surface area contributed by atoms with E-state index in [1.54, 1.807) is 68.8 Å². The second-order valence-electron chi connectivity index (χ2n) is 12.9. The molecule has 0 saturated carbocycles. The van der Waals surface area contributed by atoms with Crippen LogP contribution in [0.5, 0.6) is 5.75 Å². The molecule has 0 atom stereocenters. The van der Waals surface area contributed by atoms with Crippen LogP contribution in [0.15, 0.2) is 140 Å². The first-order valence-corrected chi connectivity index (χ1v) is 19.1. The minimum atomic E-state index is -3.70. The highest BCUT2D eigenvalue weighted by molar-refractivity contribution is 7.89. The number of hydrogen-bond donors (Lipinski definition) is 1. The molecule has 7 rings (SSSR count). The van der Waals surface area contributed by atoms with Crippen molar-refractivity contribution in [1.82, 2.24) is 14.3 Å². The zero-order chi connectivity index (χ0) is 40.7. The van der Waals surface area contributed by atoms with Crippen LogP contribution >= 0.6 is 0 Å². The first-order chi connectivity index (χ1) is 27.4. The lowest BCUT2D eigenvalue weighted by molar-refractivity contribution is 0.0600. The van der Waals surface area contributed by atoms with E-state index in [1.807, 2.05) is 61.5 Å². The summed E-state index contributed by atoms with van der Waals surface area (Å²) in [5.74, 6) is 7.25. The smallest absolute Gasteiger partial charge is 0.337 e. The maximum atomic E-state index is 13.3. The fourth-order valence-corrected chi connectivity index (χ4v) is 6.60. The van der Waals surface area contributed by atoms with Gasteiger partial charge in [-0.3, -0.25) is 13.9 Å². The third-order valence-electron chi connectivity index (χ3n) is 9.13. The molecule has 13 heteroatoms. The van der Waals surface area contributed by atoms with Gasteiger partial charge in [0.1, 0.15) is 17.2 Å². The van der Waals surface area contributed by atoms with Gasteiger partial charge in [0, 0.05) is 24.6 Å². The molecule has 0 unspecified atom stereocenters. The van der Waals surface area contributed by atoms with Crippen LogP contribution in [0.3, 0.4) is 0 Å². The Balaban J connectivity index is 0.000000214. The second-order valence-corrected chi connectivity index (χ2v) is 14.4. The molecule has 5 aromatic carbocycles. The Hall–Kier alpha value is -7.01. The lowest BCUT2D eigenvalue weighted by Gasteiger charge is -2.11. The molecule has 0 amide bonds. The van der Waals surface area contributed by atoms with E-state index >= 15 is 0 Å². The molecular formula is C44H38N4O8S. The molecular weight excluding hydrogens is 745 g/mol. The van der Waals surface area contributed by atoms with E-state index in [-0.39, 0.29) is 17.0 Å². The fourth-order valence-electron chi connectivity index (χ4n) is 6.09. The van der Waals surface area contributed by atoms with Gasteiger partial charge in [-0.25, -0.2) is 23.1 Å². The summed E-state index contributed by atoms with van der Waals surface area (Å²) in [7, 11) is 0.871. The quantitative estimate of drug-likeness (QED) is 0.142. The Kier molecular flexibility index (Phi) is 12.0. The van der Waals surface area contributed by atoms with Gasteiger partial charge in [-0.2, -0.15) is 0 Å². The number of nitrogens with zero attached hydrogens (tertiary/aromatic N) is 3. The van der Waals surface area contributed by atoms with Crippen molar-refractivity contribution in [3.05, 3.63) is 170 Å². The molecule has 0 aliphatic carbocycles. The van der Waals surface area contributed by atoms with E-state index < -0.39 is 21.7 Å². The zero-order valence-electron chi connectivity index (χ0n) is 31.6. The molecule has 0 aliphatic heterocycles. The minimum Gasteiger partial charge on any atom is -0.497 e. The number of ether oxygens (including phenoxy) is 2. The number of nitrogens with two attached hydrogens (primary N) is 1. The van der Waals surface area contributed by atoms with Crippen LogP contribution in [-0.2, 0) is 34.8 Å². The summed E-state index contributed by atoms with van der Waals surface area (Å²) in [4.78, 5) is 37.9. The number of esters is 1. The number of carbonyl (C=O) groups is 1. The van der Waals surface area contributed by atoms with E-state index in [0.29, 0.717) is 39.8 Å². The fraction of sp³-hybridized carbons (Fsp3) is 0.136. The average molecular weight is 783 g/mol. The van der Waals surface area contributed by atoms with Crippen molar-refractivity contribution in [3.8, 4) is 40.0 Å².